The molecule has 4 aromatic carbocycles. The number of aliphatic hydroxyl groups excluding tert-OH is 9. The highest BCUT2D eigenvalue weighted by Crippen LogP contribution is 2.60. The average Bonchev–Trinajstić information content (AvgIpc) is 0.708. The highest BCUT2D eigenvalue weighted by molar-refractivity contribution is 6.34. The van der Waals surface area contributed by atoms with Crippen LogP contribution >= 0.6 is 23.2 Å². The lowest BCUT2D eigenvalue weighted by Crippen LogP contribution is -2.65. The predicted molar refractivity (Wildman–Crippen MR) is 538 cm³/mol. The number of allylic oxidation sites excluding steroid dienone is 5. The van der Waals surface area contributed by atoms with Crippen LogP contribution in [-0.4, -0.2) is 286 Å². The number of hydrogen-bond acceptors (Lipinski definition) is 34. The minimum absolute atomic E-state index is 0.000106. The van der Waals surface area contributed by atoms with Crippen LogP contribution < -0.4 is 22.9 Å². The van der Waals surface area contributed by atoms with Crippen molar-refractivity contribution in [2.24, 2.45) is 70.3 Å². The summed E-state index contributed by atoms with van der Waals surface area (Å²) in [7, 11) is 12.4. The second kappa shape index (κ2) is 41.2. The van der Waals surface area contributed by atoms with Gasteiger partial charge in [-0.2, -0.15) is 5.26 Å². The van der Waals surface area contributed by atoms with Crippen LogP contribution in [0.15, 0.2) is 150 Å². The van der Waals surface area contributed by atoms with E-state index in [1.54, 1.807) is 72.6 Å². The van der Waals surface area contributed by atoms with Crippen molar-refractivity contribution in [1.29, 1.82) is 5.26 Å². The van der Waals surface area contributed by atoms with Crippen molar-refractivity contribution in [3.05, 3.63) is 216 Å². The lowest BCUT2D eigenvalue weighted by molar-refractivity contribution is -0.155. The first-order valence-corrected chi connectivity index (χ1v) is 49.0. The van der Waals surface area contributed by atoms with E-state index in [2.05, 4.69) is 41.9 Å². The second-order valence-electron chi connectivity index (χ2n) is 40.6. The Hall–Kier alpha value is -14.6. The molecule has 14 aliphatic rings. The molecule has 4 amide bonds. The Balaban J connectivity index is 0.000000149. The molecule has 0 heterocycles. The number of carbonyl (C=O) groups excluding carboxylic acids is 12. The van der Waals surface area contributed by atoms with E-state index < -0.39 is 239 Å². The summed E-state index contributed by atoms with van der Waals surface area (Å²) in [5.41, 5.74) is 13.0. The fourth-order valence-electron chi connectivity index (χ4n) is 24.5. The lowest BCUT2D eigenvalue weighted by Gasteiger charge is -2.50. The fourth-order valence-corrected chi connectivity index (χ4v) is 24.9. The molecule has 4 saturated carbocycles. The van der Waals surface area contributed by atoms with Gasteiger partial charge in [-0.1, -0.05) is 71.2 Å². The number of nitrogens with two attached hydrogens (primary N) is 4. The average molecular weight is 2080 g/mol. The number of carbonyl (C=O) groups is 12. The zero-order valence-electron chi connectivity index (χ0n) is 82.3. The molecule has 0 spiro atoms. The standard InChI is InChI=1S/C29H31ClN2O7.C29H30N2O7.C27H27N3O7.C24H25ClN2O8/c1-32(2)23-17-11-15-10-16-14(12-18(30)13-6-4-3-5-7-13)8-9-19(33)21(16)24(34)20(15)26(36)29(17,39)27(37)22(25(23)35)28(31)38;1-31(2)23-18-13-16-12-17-15(9-8-14-6-4-3-5-7-14)10-11-19(32)21(17)24(33)20(16)26(35)29(18,38)27(36)22(25(23)34)28(30)37;1-30(2)21-16-12-14-11-15-13(7-5-3-4-6-10-28)8-9-17(31)19(15)22(32)18(14)24(34)27(16,37)25(35)20(23(21)33)26(29)36;1-27(2)18-13-7-10-6-12-9(5-11(25)8-28)3-4-14(29)16(12)19(30)15(10)21(32)24(13,35)22(33)17(20(18)31)23(26)34/h6,8-9,12,15,17,23,33-34,37,39H,3-5,7,10-11H2,1-2H3,(H2,31,38);6,10-11,16,18,23,32-33,36,38H,3-5,7,12-13H2,1-2H3,(H2,30,37);8-9,14,16,21,31-32,35,37H,3-4,6,11-12H2,1-2H3,(H2,29,36);3-5,10,13,18,28-30,33,35H,6-8H2,1-2H3,(H2,26,34)/b18-12-;;;11-5-/t15-,17-,23-,29-;16-,18-,23-,29-;14-,16-,21-,27-;10-,13-,18-,24-/m0000/s1. The number of phenols is 4. The SMILES string of the molecule is CN(C)[C@@H]1C(=O)C(C(N)=O)=C(O)[C@@]2(O)C(=O)C3=C(O)c4c(O)ccc(/C=C(\Cl)C5=CCCCC5)c4C[C@H]3C[C@@H]12.CN(C)[C@@H]1C(=O)C(C(N)=O)=C(O)[C@@]2(O)C(=O)C3=C(O)c4c(O)ccc(/C=C(\Cl)CO)c4C[C@H]3C[C@@H]12.CN(C)[C@@H]1C(=O)C(C(N)=O)=C(O)[C@@]2(O)C(=O)C3=C(O)c4c(O)ccc(C#CC5=CCCCC5)c4C[C@H]3C[C@@H]12.CN(C)[C@@H]1C(=O)C(C(N)=O)=C(O)[C@@]2(O)C(=O)C3=C(O)c4c(O)ccc(C#CCCCC#N)c4C[C@H]3C[C@@H]12. The summed E-state index contributed by atoms with van der Waals surface area (Å²) < 4.78 is 0. The normalized spacial score (nSPS) is 28.3. The van der Waals surface area contributed by atoms with Crippen LogP contribution in [0.1, 0.15) is 163 Å². The van der Waals surface area contributed by atoms with E-state index in [9.17, 15) is 144 Å². The first kappa shape index (κ1) is 109. The topological polar surface area (TPSA) is 690 Å². The third-order valence-corrected chi connectivity index (χ3v) is 31.9. The molecule has 149 heavy (non-hydrogen) atoms. The molecule has 0 unspecified atom stereocenters. The van der Waals surface area contributed by atoms with E-state index in [1.165, 1.54) is 64.0 Å². The molecule has 18 rings (SSSR count). The smallest absolute Gasteiger partial charge is 0.255 e. The van der Waals surface area contributed by atoms with E-state index in [-0.39, 0.29) is 124 Å². The summed E-state index contributed by atoms with van der Waals surface area (Å²) >= 11 is 12.7. The summed E-state index contributed by atoms with van der Waals surface area (Å²) in [6.07, 6.45) is 17.7. The van der Waals surface area contributed by atoms with Crippen molar-refractivity contribution < 1.29 is 144 Å². The van der Waals surface area contributed by atoms with E-state index in [4.69, 9.17) is 51.4 Å². The number of unbranched alkanes of at least 4 members (excludes halogenated alkanes) is 2. The second-order valence-corrected chi connectivity index (χ2v) is 41.5. The monoisotopic (exact) mass is 2080 g/mol. The van der Waals surface area contributed by atoms with Crippen LogP contribution in [0.5, 0.6) is 23.0 Å². The Morgan fingerprint density at radius 1 is 0.403 bits per heavy atom. The Morgan fingerprint density at radius 2 is 0.705 bits per heavy atom. The van der Waals surface area contributed by atoms with Gasteiger partial charge in [-0.25, -0.2) is 0 Å². The number of likely N-dealkylation sites (N-methyl/N-ethyl adjacent to an activating group) is 4. The number of fused-ring (bicyclic) bond motifs is 12. The first-order valence-electron chi connectivity index (χ1n) is 48.3. The lowest BCUT2D eigenvalue weighted by atomic mass is 9.57. The van der Waals surface area contributed by atoms with Gasteiger partial charge in [0.05, 0.1) is 59.1 Å². The van der Waals surface area contributed by atoms with Crippen molar-refractivity contribution in [2.75, 3.05) is 63.0 Å². The van der Waals surface area contributed by atoms with Gasteiger partial charge in [0.25, 0.3) is 23.6 Å². The zero-order chi connectivity index (χ0) is 109. The van der Waals surface area contributed by atoms with Crippen molar-refractivity contribution >= 4 is 128 Å². The molecule has 4 aromatic rings. The molecule has 4 fully saturated rings. The predicted octanol–water partition coefficient (Wildman–Crippen LogP) is 6.41. The molecule has 40 heteroatoms. The quantitative estimate of drug-likeness (QED) is 0.0368. The molecular formula is C109H113Cl2N9O29. The van der Waals surface area contributed by atoms with Crippen molar-refractivity contribution in [3.63, 3.8) is 0 Å². The number of primary amides is 4. The van der Waals surface area contributed by atoms with Crippen LogP contribution in [0.25, 0.3) is 35.2 Å². The zero-order valence-corrected chi connectivity index (χ0v) is 83.8. The number of benzene rings is 4. The minimum Gasteiger partial charge on any atom is -0.508 e. The Morgan fingerprint density at radius 3 is 1.00 bits per heavy atom. The van der Waals surface area contributed by atoms with Gasteiger partial charge in [-0.3, -0.25) is 77.1 Å². The third kappa shape index (κ3) is 17.8. The van der Waals surface area contributed by atoms with Crippen LogP contribution in [-0.2, 0) is 83.2 Å². The van der Waals surface area contributed by atoms with Gasteiger partial charge >= 0.3 is 0 Å². The van der Waals surface area contributed by atoms with Crippen LogP contribution in [0.2, 0.25) is 0 Å². The highest BCUT2D eigenvalue weighted by atomic mass is 35.5. The first-order chi connectivity index (χ1) is 70.2. The van der Waals surface area contributed by atoms with Gasteiger partial charge in [0.2, 0.25) is 23.1 Å². The number of phenolic OH excluding ortho intramolecular Hbond substituents is 4. The minimum atomic E-state index is -2.68. The van der Waals surface area contributed by atoms with Gasteiger partial charge in [0, 0.05) is 80.0 Å². The summed E-state index contributed by atoms with van der Waals surface area (Å²) in [6, 6.07) is 9.45. The number of Topliss-reactive ketones (excluding diaryl/α,β-unsaturated/α-hetero) is 8. The van der Waals surface area contributed by atoms with Gasteiger partial charge < -0.3 is 110 Å². The van der Waals surface area contributed by atoms with E-state index in [0.717, 1.165) is 62.5 Å². The van der Waals surface area contributed by atoms with Gasteiger partial charge in [-0.05, 0) is 282 Å². The molecule has 16 atom stereocenters. The summed E-state index contributed by atoms with van der Waals surface area (Å²) in [5.74, 6) is -15.0. The van der Waals surface area contributed by atoms with E-state index in [0.29, 0.717) is 68.8 Å². The molecule has 0 aromatic heterocycles. The maximum Gasteiger partial charge on any atom is 0.255 e. The number of nitriles is 1. The summed E-state index contributed by atoms with van der Waals surface area (Å²) in [4.78, 5) is 162. The molecule has 25 N–H and O–H groups in total. The molecule has 0 bridgehead atoms. The summed E-state index contributed by atoms with van der Waals surface area (Å²) in [5, 5.41) is 196. The third-order valence-electron chi connectivity index (χ3n) is 31.3. The van der Waals surface area contributed by atoms with Crippen molar-refractivity contribution in [3.8, 4) is 52.7 Å². The van der Waals surface area contributed by atoms with Crippen LogP contribution in [0, 0.1) is 82.4 Å². The van der Waals surface area contributed by atoms with Gasteiger partial charge in [0.15, 0.2) is 45.5 Å². The molecule has 14 aliphatic carbocycles. The number of hydrogen-bond donors (Lipinski definition) is 21. The Kier molecular flexibility index (Phi) is 30.0. The number of rotatable bonds is 14. The van der Waals surface area contributed by atoms with E-state index in [1.807, 2.05) is 0 Å². The number of aliphatic hydroxyl groups is 13. The van der Waals surface area contributed by atoms with Crippen LogP contribution in [0.3, 0.4) is 0 Å². The largest absolute Gasteiger partial charge is 0.508 e. The highest BCUT2D eigenvalue weighted by Gasteiger charge is 2.70. The van der Waals surface area contributed by atoms with Gasteiger partial charge in [-0.15, -0.1) is 0 Å². The summed E-state index contributed by atoms with van der Waals surface area (Å²) in [6.45, 7) is -0.429. The molecule has 38 nitrogen and oxygen atoms in total. The Labute approximate surface area is 863 Å². The Bertz CT molecular complexity index is 7210. The van der Waals surface area contributed by atoms with Crippen molar-refractivity contribution in [1.82, 2.24) is 19.6 Å². The molecule has 0 saturated heterocycles. The maximum absolute atomic E-state index is 13.9. The fraction of sp³-hybridized carbons (Fsp3) is 0.404. The number of nitrogens with zero attached hydrogens (tertiary/aromatic N) is 5. The number of amides is 4. The molecular weight excluding hydrogens is 1970 g/mol. The van der Waals surface area contributed by atoms with Crippen molar-refractivity contribution in [2.45, 2.75) is 169 Å². The number of aromatic hydroxyl groups is 4. The van der Waals surface area contributed by atoms with Gasteiger partial charge in [0.1, 0.15) is 91.4 Å². The number of ketones is 8. The van der Waals surface area contributed by atoms with E-state index >= 15 is 0 Å². The van der Waals surface area contributed by atoms with Crippen LogP contribution in [0.4, 0.5) is 0 Å². The molecule has 0 radical (unpaired) electrons. The number of halogens is 2. The maximum atomic E-state index is 13.9. The molecule has 0 aliphatic heterocycles. The molecule has 782 valence electrons.